The molecule has 29 heavy (non-hydrogen) atoms. The molecule has 2 aliphatic heterocycles. The molecule has 0 radical (unpaired) electrons. The van der Waals surface area contributed by atoms with E-state index in [4.69, 9.17) is 4.74 Å². The molecular weight excluding hydrogens is 370 g/mol. The van der Waals surface area contributed by atoms with Crippen LogP contribution in [0.2, 0.25) is 0 Å². The van der Waals surface area contributed by atoms with Crippen LogP contribution in [0.1, 0.15) is 52.5 Å². The maximum atomic E-state index is 12.8. The minimum absolute atomic E-state index is 0.00484. The molecule has 0 bridgehead atoms. The van der Waals surface area contributed by atoms with Gasteiger partial charge in [-0.15, -0.1) is 0 Å². The van der Waals surface area contributed by atoms with Gasteiger partial charge in [0.05, 0.1) is 17.7 Å². The summed E-state index contributed by atoms with van der Waals surface area (Å²) in [6.07, 6.45) is 2.26. The van der Waals surface area contributed by atoms with E-state index >= 15 is 0 Å². The second-order valence-corrected chi connectivity index (χ2v) is 7.87. The van der Waals surface area contributed by atoms with Gasteiger partial charge < -0.3 is 9.64 Å². The van der Waals surface area contributed by atoms with Gasteiger partial charge in [0.1, 0.15) is 0 Å². The number of hydrogen-bond acceptors (Lipinski definition) is 5. The molecule has 1 atom stereocenters. The fourth-order valence-corrected chi connectivity index (χ4v) is 4.20. The molecule has 1 aromatic carbocycles. The van der Waals surface area contributed by atoms with Gasteiger partial charge >= 0.3 is 0 Å². The van der Waals surface area contributed by atoms with Gasteiger partial charge in [0.15, 0.2) is 0 Å². The van der Waals surface area contributed by atoms with Crippen LogP contribution in [0.25, 0.3) is 0 Å². The number of rotatable bonds is 8. The molecule has 3 amide bonds. The van der Waals surface area contributed by atoms with Crippen LogP contribution >= 0.6 is 0 Å². The zero-order valence-corrected chi connectivity index (χ0v) is 17.6. The molecule has 7 heteroatoms. The lowest BCUT2D eigenvalue weighted by atomic mass is 10.1. The van der Waals surface area contributed by atoms with E-state index in [9.17, 15) is 14.4 Å². The fraction of sp³-hybridized carbons (Fsp3) is 0.591. The van der Waals surface area contributed by atoms with Gasteiger partial charge in [0.2, 0.25) is 5.91 Å². The zero-order valence-electron chi connectivity index (χ0n) is 17.6. The summed E-state index contributed by atoms with van der Waals surface area (Å²) in [5.74, 6) is -0.592. The summed E-state index contributed by atoms with van der Waals surface area (Å²) in [5, 5.41) is 0. The van der Waals surface area contributed by atoms with Crippen molar-refractivity contribution in [2.24, 2.45) is 0 Å². The number of carbonyl (C=O) groups is 3. The maximum Gasteiger partial charge on any atom is 0.261 e. The van der Waals surface area contributed by atoms with Gasteiger partial charge in [-0.3, -0.25) is 24.2 Å². The highest BCUT2D eigenvalue weighted by atomic mass is 16.5. The number of aryl methyl sites for hydroxylation is 1. The Bertz CT molecular complexity index is 779. The Kier molecular flexibility index (Phi) is 7.03. The van der Waals surface area contributed by atoms with Crippen molar-refractivity contribution in [3.8, 4) is 0 Å². The molecular formula is C22H31N3O4. The fourth-order valence-electron chi connectivity index (χ4n) is 4.20. The van der Waals surface area contributed by atoms with Crippen molar-refractivity contribution in [3.63, 3.8) is 0 Å². The first-order valence-corrected chi connectivity index (χ1v) is 10.4. The number of nitrogens with zero attached hydrogens (tertiary/aromatic N) is 3. The number of amides is 3. The van der Waals surface area contributed by atoms with Gasteiger partial charge in [-0.1, -0.05) is 25.0 Å². The van der Waals surface area contributed by atoms with E-state index in [-0.39, 0.29) is 30.7 Å². The average Bonchev–Trinajstić information content (AvgIpc) is 2.95. The number of imide groups is 1. The number of piperazine rings is 1. The third-order valence-electron chi connectivity index (χ3n) is 5.84. The SMILES string of the molecule is CCC[C@H]1CN(C(=O)CCN2C(=O)c3ccc(C)cc3C2=O)CCN1CCOC. The number of fused-ring (bicyclic) bond motifs is 1. The number of carbonyl (C=O) groups excluding carboxylic acids is 3. The molecule has 0 unspecified atom stereocenters. The van der Waals surface area contributed by atoms with E-state index in [1.807, 2.05) is 17.9 Å². The summed E-state index contributed by atoms with van der Waals surface area (Å²) in [4.78, 5) is 43.4. The number of hydrogen-bond donors (Lipinski definition) is 0. The van der Waals surface area contributed by atoms with Crippen LogP contribution in [0.5, 0.6) is 0 Å². The van der Waals surface area contributed by atoms with Crippen LogP contribution in [0.3, 0.4) is 0 Å². The van der Waals surface area contributed by atoms with E-state index < -0.39 is 0 Å². The largest absolute Gasteiger partial charge is 0.383 e. The van der Waals surface area contributed by atoms with Crippen molar-refractivity contribution >= 4 is 17.7 Å². The second-order valence-electron chi connectivity index (χ2n) is 7.87. The zero-order chi connectivity index (χ0) is 21.0. The molecule has 3 rings (SSSR count). The van der Waals surface area contributed by atoms with Gasteiger partial charge in [0.25, 0.3) is 11.8 Å². The van der Waals surface area contributed by atoms with Crippen LogP contribution in [0.15, 0.2) is 18.2 Å². The van der Waals surface area contributed by atoms with Crippen LogP contribution < -0.4 is 0 Å². The standard InChI is InChI=1S/C22H31N3O4/c1-4-5-17-15-24(11-10-23(17)12-13-29-3)20(26)8-9-25-21(27)18-7-6-16(2)14-19(18)22(25)28/h6-7,14,17H,4-5,8-13,15H2,1-3H3/t17-/m0/s1. The van der Waals surface area contributed by atoms with Crippen molar-refractivity contribution in [2.75, 3.05) is 46.4 Å². The van der Waals surface area contributed by atoms with Gasteiger partial charge in [-0.25, -0.2) is 0 Å². The minimum atomic E-state index is -0.300. The van der Waals surface area contributed by atoms with Gasteiger partial charge in [-0.2, -0.15) is 0 Å². The summed E-state index contributed by atoms with van der Waals surface area (Å²) >= 11 is 0. The first-order valence-electron chi connectivity index (χ1n) is 10.4. The van der Waals surface area contributed by atoms with Crippen LogP contribution in [-0.2, 0) is 9.53 Å². The molecule has 2 heterocycles. The molecule has 0 aromatic heterocycles. The summed E-state index contributed by atoms with van der Waals surface area (Å²) in [7, 11) is 1.70. The van der Waals surface area contributed by atoms with Crippen molar-refractivity contribution in [1.29, 1.82) is 0 Å². The average molecular weight is 402 g/mol. The maximum absolute atomic E-state index is 12.8. The second kappa shape index (κ2) is 9.50. The number of methoxy groups -OCH3 is 1. The molecule has 0 N–H and O–H groups in total. The third kappa shape index (κ3) is 4.67. The molecule has 1 aromatic rings. The summed E-state index contributed by atoms with van der Waals surface area (Å²) < 4.78 is 5.20. The van der Waals surface area contributed by atoms with Gasteiger partial charge in [-0.05, 0) is 25.5 Å². The summed E-state index contributed by atoms with van der Waals surface area (Å²) in [5.41, 5.74) is 1.82. The lowest BCUT2D eigenvalue weighted by molar-refractivity contribution is -0.134. The highest BCUT2D eigenvalue weighted by Crippen LogP contribution is 2.24. The van der Waals surface area contributed by atoms with E-state index in [2.05, 4.69) is 11.8 Å². The predicted molar refractivity (Wildman–Crippen MR) is 110 cm³/mol. The molecule has 158 valence electrons. The Morgan fingerprint density at radius 1 is 1.14 bits per heavy atom. The van der Waals surface area contributed by atoms with Gasteiger partial charge in [0, 0.05) is 52.3 Å². The van der Waals surface area contributed by atoms with Crippen LogP contribution in [-0.4, -0.2) is 84.9 Å². The van der Waals surface area contributed by atoms with Crippen molar-refractivity contribution < 1.29 is 19.1 Å². The topological polar surface area (TPSA) is 70.2 Å². The molecule has 1 fully saturated rings. The van der Waals surface area contributed by atoms with Crippen molar-refractivity contribution in [1.82, 2.24) is 14.7 Å². The molecule has 0 aliphatic carbocycles. The number of ether oxygens (including phenoxy) is 1. The first kappa shape index (κ1) is 21.5. The van der Waals surface area contributed by atoms with Crippen molar-refractivity contribution in [2.45, 2.75) is 39.2 Å². The Morgan fingerprint density at radius 2 is 1.90 bits per heavy atom. The Morgan fingerprint density at radius 3 is 2.62 bits per heavy atom. The smallest absolute Gasteiger partial charge is 0.261 e. The Labute approximate surface area is 172 Å². The van der Waals surface area contributed by atoms with E-state index in [0.717, 1.165) is 31.5 Å². The molecule has 0 saturated carbocycles. The highest BCUT2D eigenvalue weighted by Gasteiger charge is 2.36. The highest BCUT2D eigenvalue weighted by molar-refractivity contribution is 6.21. The molecule has 0 spiro atoms. The normalized spacial score (nSPS) is 19.8. The van der Waals surface area contributed by atoms with Crippen molar-refractivity contribution in [3.05, 3.63) is 34.9 Å². The molecule has 7 nitrogen and oxygen atoms in total. The Balaban J connectivity index is 1.57. The van der Waals surface area contributed by atoms with E-state index in [1.54, 1.807) is 19.2 Å². The van der Waals surface area contributed by atoms with Crippen LogP contribution in [0, 0.1) is 6.92 Å². The monoisotopic (exact) mass is 401 g/mol. The minimum Gasteiger partial charge on any atom is -0.383 e. The molecule has 2 aliphatic rings. The summed E-state index contributed by atoms with van der Waals surface area (Å²) in [6, 6.07) is 5.60. The Hall–Kier alpha value is -2.25. The quantitative estimate of drug-likeness (QED) is 0.623. The van der Waals surface area contributed by atoms with Crippen LogP contribution in [0.4, 0.5) is 0 Å². The predicted octanol–water partition coefficient (Wildman–Crippen LogP) is 1.94. The van der Waals surface area contributed by atoms with E-state index in [0.29, 0.717) is 36.9 Å². The lowest BCUT2D eigenvalue weighted by Gasteiger charge is -2.41. The lowest BCUT2D eigenvalue weighted by Crippen LogP contribution is -2.55. The van der Waals surface area contributed by atoms with E-state index in [1.165, 1.54) is 4.90 Å². The molecule has 1 saturated heterocycles. The summed E-state index contributed by atoms with van der Waals surface area (Å²) in [6.45, 7) is 7.92. The first-order chi connectivity index (χ1) is 14.0. The number of benzene rings is 1. The third-order valence-corrected chi connectivity index (χ3v) is 5.84.